The van der Waals surface area contributed by atoms with E-state index in [1.165, 1.54) is 5.01 Å². The average molecular weight is 418 g/mol. The quantitative estimate of drug-likeness (QED) is 0.655. The van der Waals surface area contributed by atoms with Gasteiger partial charge in [0.1, 0.15) is 5.71 Å². The van der Waals surface area contributed by atoms with Crippen LogP contribution in [0.2, 0.25) is 0 Å². The molecule has 2 aromatic carbocycles. The van der Waals surface area contributed by atoms with Crippen LogP contribution in [0.5, 0.6) is 0 Å². The minimum absolute atomic E-state index is 0.149. The number of amides is 1. The molecule has 0 saturated heterocycles. The van der Waals surface area contributed by atoms with Gasteiger partial charge in [-0.05, 0) is 50.1 Å². The summed E-state index contributed by atoms with van der Waals surface area (Å²) < 4.78 is 5.51. The number of aryl methyl sites for hydroxylation is 2. The molecule has 1 aromatic heterocycles. The number of fused-ring (bicyclic) bond motifs is 1. The molecule has 158 valence electrons. The number of nitrogens with zero attached hydrogens (tertiary/aromatic N) is 3. The zero-order valence-electron chi connectivity index (χ0n) is 17.5. The fourth-order valence-corrected chi connectivity index (χ4v) is 3.42. The number of carbonyl (C=O) groups excluding carboxylic acids is 2. The fraction of sp³-hybridized carbons (Fsp3) is 0.261. The number of hydrazone groups is 1. The molecule has 0 unspecified atom stereocenters. The minimum atomic E-state index is -0.792. The van der Waals surface area contributed by atoms with E-state index in [4.69, 9.17) is 4.74 Å². The molecule has 8 heteroatoms. The van der Waals surface area contributed by atoms with Crippen LogP contribution in [0, 0.1) is 13.8 Å². The molecule has 0 fully saturated rings. The van der Waals surface area contributed by atoms with E-state index in [1.807, 2.05) is 32.0 Å². The normalized spacial score (nSPS) is 15.0. The summed E-state index contributed by atoms with van der Waals surface area (Å²) in [5, 5.41) is 6.01. The van der Waals surface area contributed by atoms with E-state index in [-0.39, 0.29) is 35.8 Å². The Hall–Kier alpha value is -3.81. The molecule has 1 aliphatic heterocycles. The van der Waals surface area contributed by atoms with Crippen molar-refractivity contribution in [3.63, 3.8) is 0 Å². The van der Waals surface area contributed by atoms with Crippen LogP contribution in [-0.4, -0.2) is 27.6 Å². The predicted octanol–water partition coefficient (Wildman–Crippen LogP) is 3.33. The molecule has 1 atom stereocenters. The van der Waals surface area contributed by atoms with Crippen molar-refractivity contribution in [1.82, 2.24) is 9.97 Å². The van der Waals surface area contributed by atoms with E-state index in [0.29, 0.717) is 16.6 Å². The van der Waals surface area contributed by atoms with Gasteiger partial charge in [0.05, 0.1) is 16.6 Å². The van der Waals surface area contributed by atoms with Crippen molar-refractivity contribution in [2.24, 2.45) is 5.10 Å². The summed E-state index contributed by atoms with van der Waals surface area (Å²) in [6.45, 7) is 5.44. The highest BCUT2D eigenvalue weighted by Gasteiger charge is 2.28. The predicted molar refractivity (Wildman–Crippen MR) is 117 cm³/mol. The zero-order chi connectivity index (χ0) is 22.1. The zero-order valence-corrected chi connectivity index (χ0v) is 17.5. The summed E-state index contributed by atoms with van der Waals surface area (Å²) in [5.74, 6) is -0.583. The molecule has 31 heavy (non-hydrogen) atoms. The van der Waals surface area contributed by atoms with Crippen LogP contribution in [0.15, 0.2) is 52.4 Å². The lowest BCUT2D eigenvalue weighted by atomic mass is 10.1. The molecule has 2 heterocycles. The van der Waals surface area contributed by atoms with Crippen LogP contribution >= 0.6 is 0 Å². The van der Waals surface area contributed by atoms with Gasteiger partial charge >= 0.3 is 5.97 Å². The third kappa shape index (κ3) is 4.09. The van der Waals surface area contributed by atoms with Gasteiger partial charge < -0.3 is 9.72 Å². The van der Waals surface area contributed by atoms with E-state index in [0.717, 1.165) is 11.1 Å². The molecule has 8 nitrogen and oxygen atoms in total. The largest absolute Gasteiger partial charge is 0.450 e. The topological polar surface area (TPSA) is 105 Å². The van der Waals surface area contributed by atoms with Crippen molar-refractivity contribution in [3.05, 3.63) is 69.8 Å². The smallest absolute Gasteiger partial charge is 0.355 e. The molecular weight excluding hydrogens is 396 g/mol. The number of aromatic amines is 1. The van der Waals surface area contributed by atoms with Crippen molar-refractivity contribution in [3.8, 4) is 0 Å². The van der Waals surface area contributed by atoms with Crippen LogP contribution < -0.4 is 10.6 Å². The molecule has 1 amide bonds. The van der Waals surface area contributed by atoms with Gasteiger partial charge in [0.25, 0.3) is 5.56 Å². The lowest BCUT2D eigenvalue weighted by Crippen LogP contribution is -2.35. The molecule has 1 aliphatic rings. The second-order valence-electron chi connectivity index (χ2n) is 7.56. The van der Waals surface area contributed by atoms with Crippen LogP contribution in [0.3, 0.4) is 0 Å². The lowest BCUT2D eigenvalue weighted by molar-refractivity contribution is -0.140. The van der Waals surface area contributed by atoms with Gasteiger partial charge in [-0.1, -0.05) is 24.3 Å². The summed E-state index contributed by atoms with van der Waals surface area (Å²) in [6, 6.07) is 12.7. The van der Waals surface area contributed by atoms with Crippen molar-refractivity contribution in [2.45, 2.75) is 39.7 Å². The summed E-state index contributed by atoms with van der Waals surface area (Å²) in [6.07, 6.45) is -0.451. The van der Waals surface area contributed by atoms with Gasteiger partial charge in [-0.2, -0.15) is 10.1 Å². The maximum absolute atomic E-state index is 12.8. The summed E-state index contributed by atoms with van der Waals surface area (Å²) in [7, 11) is 0. The van der Waals surface area contributed by atoms with E-state index in [2.05, 4.69) is 15.1 Å². The number of anilines is 1. The molecule has 3 aromatic rings. The van der Waals surface area contributed by atoms with E-state index in [1.54, 1.807) is 31.2 Å². The van der Waals surface area contributed by atoms with Crippen molar-refractivity contribution in [1.29, 1.82) is 0 Å². The van der Waals surface area contributed by atoms with Gasteiger partial charge in [0.2, 0.25) is 5.91 Å². The number of nitrogens with one attached hydrogen (secondary N) is 1. The Morgan fingerprint density at radius 3 is 2.71 bits per heavy atom. The monoisotopic (exact) mass is 418 g/mol. The van der Waals surface area contributed by atoms with Crippen LogP contribution in [0.4, 0.5) is 5.69 Å². The highest BCUT2D eigenvalue weighted by Crippen LogP contribution is 2.26. The molecule has 0 bridgehead atoms. The first-order valence-electron chi connectivity index (χ1n) is 10.0. The number of hydrogen-bond donors (Lipinski definition) is 1. The SMILES string of the molecule is Cc1ccc(C)c(N2N=C(C(=O)O[C@@H](C)c3nc4ccccc4c(=O)[nH]3)CCC2=O)c1. The first-order valence-corrected chi connectivity index (χ1v) is 10.0. The molecule has 0 aliphatic carbocycles. The highest BCUT2D eigenvalue weighted by molar-refractivity contribution is 6.38. The molecular formula is C23H22N4O4. The van der Waals surface area contributed by atoms with Crippen molar-refractivity contribution < 1.29 is 14.3 Å². The number of benzene rings is 2. The Morgan fingerprint density at radius 1 is 1.13 bits per heavy atom. The Morgan fingerprint density at radius 2 is 1.90 bits per heavy atom. The van der Waals surface area contributed by atoms with Crippen molar-refractivity contribution in [2.75, 3.05) is 5.01 Å². The summed E-state index contributed by atoms with van der Waals surface area (Å²) in [5.41, 5.74) is 2.87. The first kappa shape index (κ1) is 20.5. The van der Waals surface area contributed by atoms with Crippen LogP contribution in [0.1, 0.15) is 42.8 Å². The Bertz CT molecular complexity index is 1280. The fourth-order valence-electron chi connectivity index (χ4n) is 3.42. The van der Waals surface area contributed by atoms with Gasteiger partial charge in [0, 0.05) is 12.8 Å². The van der Waals surface area contributed by atoms with Crippen LogP contribution in [-0.2, 0) is 14.3 Å². The second-order valence-corrected chi connectivity index (χ2v) is 7.56. The second kappa shape index (κ2) is 8.14. The number of ether oxygens (including phenoxy) is 1. The first-order chi connectivity index (χ1) is 14.8. The number of para-hydroxylation sites is 1. The maximum Gasteiger partial charge on any atom is 0.355 e. The number of hydrogen-bond acceptors (Lipinski definition) is 6. The third-order valence-corrected chi connectivity index (χ3v) is 5.16. The standard InChI is InChI=1S/C23H22N4O4/c1-13-8-9-14(2)19(12-13)27-20(28)11-10-18(26-27)23(30)31-15(3)21-24-17-7-5-4-6-16(17)22(29)25-21/h4-9,12,15H,10-11H2,1-3H3,(H,24,25,29)/t15-/m0/s1. The Kier molecular flexibility index (Phi) is 5.37. The number of carbonyl (C=O) groups is 2. The van der Waals surface area contributed by atoms with Gasteiger partial charge in [0.15, 0.2) is 11.9 Å². The molecule has 0 spiro atoms. The number of aromatic nitrogens is 2. The van der Waals surface area contributed by atoms with Gasteiger partial charge in [-0.3, -0.25) is 9.59 Å². The van der Waals surface area contributed by atoms with Gasteiger partial charge in [-0.25, -0.2) is 9.78 Å². The van der Waals surface area contributed by atoms with Gasteiger partial charge in [-0.15, -0.1) is 0 Å². The Labute approximate surface area is 178 Å². The number of esters is 1. The summed E-state index contributed by atoms with van der Waals surface area (Å²) >= 11 is 0. The average Bonchev–Trinajstić information content (AvgIpc) is 2.75. The van der Waals surface area contributed by atoms with E-state index < -0.39 is 12.1 Å². The number of H-pyrrole nitrogens is 1. The van der Waals surface area contributed by atoms with E-state index >= 15 is 0 Å². The Balaban J connectivity index is 1.58. The molecule has 1 N–H and O–H groups in total. The van der Waals surface area contributed by atoms with E-state index in [9.17, 15) is 14.4 Å². The maximum atomic E-state index is 12.8. The minimum Gasteiger partial charge on any atom is -0.450 e. The molecule has 0 radical (unpaired) electrons. The van der Waals surface area contributed by atoms with Crippen molar-refractivity contribution >= 4 is 34.2 Å². The molecule has 4 rings (SSSR count). The van der Waals surface area contributed by atoms with Crippen LogP contribution in [0.25, 0.3) is 10.9 Å². The highest BCUT2D eigenvalue weighted by atomic mass is 16.5. The lowest BCUT2D eigenvalue weighted by Gasteiger charge is -2.25. The summed E-state index contributed by atoms with van der Waals surface area (Å²) in [4.78, 5) is 44.5. The number of rotatable bonds is 4. The molecule has 0 saturated carbocycles. The third-order valence-electron chi connectivity index (χ3n) is 5.16.